The van der Waals surface area contributed by atoms with Crippen LogP contribution in [0, 0.1) is 5.92 Å². The van der Waals surface area contributed by atoms with Gasteiger partial charge >= 0.3 is 0 Å². The lowest BCUT2D eigenvalue weighted by atomic mass is 9.90. The average Bonchev–Trinajstić information content (AvgIpc) is 2.29. The highest BCUT2D eigenvalue weighted by Gasteiger charge is 2.21. The molecule has 0 aromatic carbocycles. The largest absolute Gasteiger partial charge is 0.250 e. The van der Waals surface area contributed by atoms with E-state index in [0.29, 0.717) is 5.92 Å². The van der Waals surface area contributed by atoms with Gasteiger partial charge < -0.3 is 0 Å². The van der Waals surface area contributed by atoms with Crippen LogP contribution < -0.4 is 0 Å². The van der Waals surface area contributed by atoms with E-state index in [0.717, 1.165) is 0 Å². The Balaban J connectivity index is 2.01. The number of rotatable bonds is 3. The van der Waals surface area contributed by atoms with Crippen LogP contribution in [0.2, 0.25) is 0 Å². The minimum Gasteiger partial charge on any atom is -0.250 e. The first kappa shape index (κ1) is 12.7. The van der Waals surface area contributed by atoms with Gasteiger partial charge in [0.15, 0.2) is 0 Å². The van der Waals surface area contributed by atoms with Gasteiger partial charge in [0.05, 0.1) is 0 Å². The Morgan fingerprint density at radius 3 is 2.94 bits per heavy atom. The molecule has 1 unspecified atom stereocenters. The van der Waals surface area contributed by atoms with Crippen molar-refractivity contribution in [2.45, 2.75) is 19.8 Å². The van der Waals surface area contributed by atoms with Gasteiger partial charge in [0.25, 0.3) is 0 Å². The molecular weight excluding hydrogens is 226 g/mol. The SMILES string of the molecule is CCSN1CCCC(C2=CC=CC=CC=C2)C1. The third-order valence-corrected chi connectivity index (χ3v) is 4.14. The van der Waals surface area contributed by atoms with E-state index in [1.807, 2.05) is 11.9 Å². The molecule has 1 atom stereocenters. The summed E-state index contributed by atoms with van der Waals surface area (Å²) in [4.78, 5) is 0. The normalized spacial score (nSPS) is 25.5. The molecule has 1 fully saturated rings. The molecule has 2 rings (SSSR count). The summed E-state index contributed by atoms with van der Waals surface area (Å²) in [6.07, 6.45) is 17.8. The Morgan fingerprint density at radius 1 is 1.24 bits per heavy atom. The van der Waals surface area contributed by atoms with Crippen molar-refractivity contribution in [3.63, 3.8) is 0 Å². The Bertz CT molecular complexity index is 350. The smallest absolute Gasteiger partial charge is 0.0158 e. The first-order chi connectivity index (χ1) is 8.40. The second-order valence-corrected chi connectivity index (χ2v) is 5.79. The molecule has 1 aliphatic heterocycles. The third-order valence-electron chi connectivity index (χ3n) is 3.19. The fourth-order valence-corrected chi connectivity index (χ4v) is 3.28. The highest BCUT2D eigenvalue weighted by Crippen LogP contribution is 2.28. The number of allylic oxidation sites excluding steroid dienone is 7. The van der Waals surface area contributed by atoms with Crippen LogP contribution in [0.1, 0.15) is 19.8 Å². The van der Waals surface area contributed by atoms with Crippen molar-refractivity contribution in [2.75, 3.05) is 18.8 Å². The summed E-state index contributed by atoms with van der Waals surface area (Å²) in [5, 5.41) is 0. The van der Waals surface area contributed by atoms with E-state index in [-0.39, 0.29) is 0 Å². The molecule has 0 aromatic rings. The summed E-state index contributed by atoms with van der Waals surface area (Å²) >= 11 is 1.98. The van der Waals surface area contributed by atoms with Crippen molar-refractivity contribution in [1.82, 2.24) is 4.31 Å². The molecule has 92 valence electrons. The Kier molecular flexibility index (Phi) is 5.14. The summed E-state index contributed by atoms with van der Waals surface area (Å²) in [5.74, 6) is 1.89. The van der Waals surface area contributed by atoms with Crippen LogP contribution >= 0.6 is 11.9 Å². The van der Waals surface area contributed by atoms with Gasteiger partial charge in [-0.3, -0.25) is 4.31 Å². The monoisotopic (exact) mass is 247 g/mol. The molecule has 1 heterocycles. The molecule has 17 heavy (non-hydrogen) atoms. The number of piperidine rings is 1. The summed E-state index contributed by atoms with van der Waals surface area (Å²) in [5.41, 5.74) is 1.48. The Hall–Kier alpha value is -0.730. The number of hydrogen-bond acceptors (Lipinski definition) is 2. The molecule has 0 radical (unpaired) electrons. The quantitative estimate of drug-likeness (QED) is 0.694. The van der Waals surface area contributed by atoms with Gasteiger partial charge in [0, 0.05) is 18.8 Å². The third kappa shape index (κ3) is 3.90. The summed E-state index contributed by atoms with van der Waals surface area (Å²) < 4.78 is 2.53. The second-order valence-electron chi connectivity index (χ2n) is 4.44. The van der Waals surface area contributed by atoms with Crippen molar-refractivity contribution in [3.05, 3.63) is 48.1 Å². The second kappa shape index (κ2) is 6.87. The van der Waals surface area contributed by atoms with E-state index in [1.54, 1.807) is 0 Å². The lowest BCUT2D eigenvalue weighted by Crippen LogP contribution is -2.31. The van der Waals surface area contributed by atoms with Gasteiger partial charge in [-0.2, -0.15) is 0 Å². The van der Waals surface area contributed by atoms with Gasteiger partial charge in [-0.15, -0.1) is 0 Å². The highest BCUT2D eigenvalue weighted by molar-refractivity contribution is 7.96. The first-order valence-electron chi connectivity index (χ1n) is 6.49. The van der Waals surface area contributed by atoms with Crippen LogP contribution in [0.5, 0.6) is 0 Å². The molecule has 0 saturated carbocycles. The van der Waals surface area contributed by atoms with Crippen molar-refractivity contribution in [3.8, 4) is 0 Å². The van der Waals surface area contributed by atoms with E-state index >= 15 is 0 Å². The minimum absolute atomic E-state index is 0.704. The fraction of sp³-hybridized carbons (Fsp3) is 0.467. The van der Waals surface area contributed by atoms with E-state index in [9.17, 15) is 0 Å². The van der Waals surface area contributed by atoms with Crippen LogP contribution in [-0.2, 0) is 0 Å². The van der Waals surface area contributed by atoms with Gasteiger partial charge in [0.2, 0.25) is 0 Å². The van der Waals surface area contributed by atoms with Crippen LogP contribution in [0.15, 0.2) is 48.1 Å². The standard InChI is InChI=1S/C15H21NS/c1-2-17-16-12-8-11-15(13-16)14-9-6-4-3-5-7-10-14/h3-7,9-10,15H,2,8,11-13H2,1H3. The first-order valence-corrected chi connectivity index (χ1v) is 7.44. The van der Waals surface area contributed by atoms with Crippen molar-refractivity contribution < 1.29 is 0 Å². The summed E-state index contributed by atoms with van der Waals surface area (Å²) in [6.45, 7) is 4.69. The predicted octanol–water partition coefficient (Wildman–Crippen LogP) is 3.98. The average molecular weight is 247 g/mol. The molecule has 1 saturated heterocycles. The van der Waals surface area contributed by atoms with E-state index < -0.39 is 0 Å². The maximum absolute atomic E-state index is 2.53. The van der Waals surface area contributed by atoms with Gasteiger partial charge in [-0.1, -0.05) is 61.4 Å². The van der Waals surface area contributed by atoms with E-state index in [4.69, 9.17) is 0 Å². The van der Waals surface area contributed by atoms with Crippen LogP contribution in [-0.4, -0.2) is 23.1 Å². The van der Waals surface area contributed by atoms with Crippen LogP contribution in [0.3, 0.4) is 0 Å². The molecular formula is C15H21NS. The number of hydrogen-bond donors (Lipinski definition) is 0. The predicted molar refractivity (Wildman–Crippen MR) is 77.9 cm³/mol. The molecule has 2 aliphatic rings. The maximum Gasteiger partial charge on any atom is 0.0158 e. The lowest BCUT2D eigenvalue weighted by molar-refractivity contribution is 0.318. The molecule has 0 amide bonds. The zero-order valence-electron chi connectivity index (χ0n) is 10.5. The molecule has 0 N–H and O–H groups in total. The van der Waals surface area contributed by atoms with E-state index in [1.165, 1.54) is 37.3 Å². The summed E-state index contributed by atoms with van der Waals surface area (Å²) in [6, 6.07) is 0. The lowest BCUT2D eigenvalue weighted by Gasteiger charge is -2.32. The van der Waals surface area contributed by atoms with Gasteiger partial charge in [0.1, 0.15) is 0 Å². The molecule has 2 heteroatoms. The number of nitrogens with zero attached hydrogens (tertiary/aromatic N) is 1. The van der Waals surface area contributed by atoms with Crippen molar-refractivity contribution >= 4 is 11.9 Å². The van der Waals surface area contributed by atoms with Crippen LogP contribution in [0.4, 0.5) is 0 Å². The summed E-state index contributed by atoms with van der Waals surface area (Å²) in [7, 11) is 0. The van der Waals surface area contributed by atoms with E-state index in [2.05, 4.69) is 53.8 Å². The Morgan fingerprint density at radius 2 is 2.06 bits per heavy atom. The fourth-order valence-electron chi connectivity index (χ4n) is 2.37. The minimum atomic E-state index is 0.704. The molecule has 0 bridgehead atoms. The Labute approximate surface area is 109 Å². The zero-order chi connectivity index (χ0) is 11.9. The van der Waals surface area contributed by atoms with Crippen molar-refractivity contribution in [1.29, 1.82) is 0 Å². The molecule has 0 aromatic heterocycles. The highest BCUT2D eigenvalue weighted by atomic mass is 32.2. The topological polar surface area (TPSA) is 3.24 Å². The molecule has 1 nitrogen and oxygen atoms in total. The maximum atomic E-state index is 2.53. The molecule has 1 aliphatic carbocycles. The zero-order valence-corrected chi connectivity index (χ0v) is 11.3. The van der Waals surface area contributed by atoms with Gasteiger partial charge in [-0.05, 0) is 24.3 Å². The molecule has 0 spiro atoms. The van der Waals surface area contributed by atoms with Crippen LogP contribution in [0.25, 0.3) is 0 Å². The van der Waals surface area contributed by atoms with Crippen molar-refractivity contribution in [2.24, 2.45) is 5.92 Å². The van der Waals surface area contributed by atoms with Gasteiger partial charge in [-0.25, -0.2) is 0 Å².